The fraction of sp³-hybridized carbons (Fsp3) is 0.833. The van der Waals surface area contributed by atoms with Crippen LogP contribution in [0.1, 0.15) is 64.7 Å². The van der Waals surface area contributed by atoms with Crippen LogP contribution in [0.15, 0.2) is 0 Å². The molecule has 0 bridgehead atoms. The Kier molecular flexibility index (Phi) is 12.6. The number of hydrogen-bond donors (Lipinski definition) is 1. The minimum atomic E-state index is -5.06. The summed E-state index contributed by atoms with van der Waals surface area (Å²) in [7, 11) is 0. The third kappa shape index (κ3) is 13.9. The highest BCUT2D eigenvalue weighted by atomic mass is 19.4. The summed E-state index contributed by atoms with van der Waals surface area (Å²) in [6, 6.07) is 0. The Balaban J connectivity index is 4.18. The number of nitrogens with zero attached hydrogens (tertiary/aromatic N) is 1. The highest BCUT2D eigenvalue weighted by Crippen LogP contribution is 2.19. The first-order valence-corrected chi connectivity index (χ1v) is 9.56. The first-order chi connectivity index (χ1) is 13.4. The topological polar surface area (TPSA) is 66.5 Å². The molecule has 0 saturated carbocycles. The number of unbranched alkanes of at least 4 members (excludes halogenated alkanes) is 6. The molecule has 29 heavy (non-hydrogen) atoms. The second-order valence-corrected chi connectivity index (χ2v) is 6.82. The molecule has 0 aliphatic carbocycles. The quantitative estimate of drug-likeness (QED) is 0.330. The first-order valence-electron chi connectivity index (χ1n) is 9.56. The molecule has 0 aliphatic rings. The number of rotatable bonds is 14. The standard InChI is InChI=1S/C18H28F6N2O3/c1-14(27)10-7-5-3-2-4-6-8-12-26(16(29)18(22,23)24)13-9-11-25-15(28)17(19,20)21/h2-13H2,1H3,(H,25,28). The molecule has 0 fully saturated rings. The summed E-state index contributed by atoms with van der Waals surface area (Å²) in [5, 5.41) is 1.56. The molecule has 0 unspecified atom stereocenters. The molecule has 0 radical (unpaired) electrons. The molecule has 11 heteroatoms. The SMILES string of the molecule is CC(=O)CCCCCCCCCN(CCCNC(=O)C(F)(F)F)C(=O)C(F)(F)F. The van der Waals surface area contributed by atoms with Gasteiger partial charge < -0.3 is 15.0 Å². The number of carbonyl (C=O) groups excluding carboxylic acids is 3. The Morgan fingerprint density at radius 3 is 1.69 bits per heavy atom. The number of ketones is 1. The van der Waals surface area contributed by atoms with Crippen LogP contribution < -0.4 is 5.32 Å². The van der Waals surface area contributed by atoms with Crippen molar-refractivity contribution in [1.29, 1.82) is 0 Å². The number of carbonyl (C=O) groups is 3. The Bertz CT molecular complexity index is 521. The van der Waals surface area contributed by atoms with Gasteiger partial charge in [-0.05, 0) is 26.2 Å². The summed E-state index contributed by atoms with van der Waals surface area (Å²) in [5.74, 6) is -4.07. The largest absolute Gasteiger partial charge is 0.471 e. The Labute approximate surface area is 166 Å². The van der Waals surface area contributed by atoms with E-state index in [0.717, 1.165) is 32.1 Å². The average Bonchev–Trinajstić information content (AvgIpc) is 2.59. The second kappa shape index (κ2) is 13.4. The van der Waals surface area contributed by atoms with Gasteiger partial charge in [0.2, 0.25) is 0 Å². The fourth-order valence-corrected chi connectivity index (χ4v) is 2.63. The predicted molar refractivity (Wildman–Crippen MR) is 93.9 cm³/mol. The van der Waals surface area contributed by atoms with Crippen LogP contribution >= 0.6 is 0 Å². The molecule has 0 saturated heterocycles. The molecule has 0 aromatic rings. The van der Waals surface area contributed by atoms with E-state index in [4.69, 9.17) is 0 Å². The molecule has 0 atom stereocenters. The highest BCUT2D eigenvalue weighted by molar-refractivity contribution is 5.82. The zero-order valence-electron chi connectivity index (χ0n) is 16.4. The molecule has 0 heterocycles. The third-order valence-corrected chi connectivity index (χ3v) is 4.13. The van der Waals surface area contributed by atoms with Crippen LogP contribution in [0.2, 0.25) is 0 Å². The van der Waals surface area contributed by atoms with Crippen LogP contribution in [0.5, 0.6) is 0 Å². The van der Waals surface area contributed by atoms with Gasteiger partial charge in [-0.25, -0.2) is 0 Å². The van der Waals surface area contributed by atoms with E-state index >= 15 is 0 Å². The number of halogens is 6. The van der Waals surface area contributed by atoms with Gasteiger partial charge in [0, 0.05) is 26.1 Å². The van der Waals surface area contributed by atoms with E-state index in [2.05, 4.69) is 0 Å². The van der Waals surface area contributed by atoms with E-state index in [1.165, 1.54) is 6.92 Å². The summed E-state index contributed by atoms with van der Waals surface area (Å²) < 4.78 is 74.1. The van der Waals surface area contributed by atoms with Crippen LogP contribution in [0.25, 0.3) is 0 Å². The van der Waals surface area contributed by atoms with Crippen LogP contribution in [0.3, 0.4) is 0 Å². The number of hydrogen-bond acceptors (Lipinski definition) is 3. The normalized spacial score (nSPS) is 12.0. The van der Waals surface area contributed by atoms with Crippen molar-refractivity contribution in [3.8, 4) is 0 Å². The van der Waals surface area contributed by atoms with Crippen molar-refractivity contribution in [2.75, 3.05) is 19.6 Å². The van der Waals surface area contributed by atoms with E-state index in [1.54, 1.807) is 5.32 Å². The summed E-state index contributed by atoms with van der Waals surface area (Å²) in [4.78, 5) is 33.5. The lowest BCUT2D eigenvalue weighted by atomic mass is 10.1. The summed E-state index contributed by atoms with van der Waals surface area (Å²) in [5.41, 5.74) is 0. The van der Waals surface area contributed by atoms with E-state index in [9.17, 15) is 40.7 Å². The Morgan fingerprint density at radius 1 is 0.724 bits per heavy atom. The molecular formula is C18H28F6N2O3. The van der Waals surface area contributed by atoms with Crippen molar-refractivity contribution in [3.63, 3.8) is 0 Å². The van der Waals surface area contributed by atoms with E-state index in [-0.39, 0.29) is 18.7 Å². The molecule has 0 aromatic carbocycles. The molecule has 0 spiro atoms. The maximum absolute atomic E-state index is 12.7. The molecule has 0 rings (SSSR count). The maximum atomic E-state index is 12.7. The zero-order chi connectivity index (χ0) is 22.5. The summed E-state index contributed by atoms with van der Waals surface area (Å²) >= 11 is 0. The van der Waals surface area contributed by atoms with Crippen LogP contribution in [0, 0.1) is 0 Å². The van der Waals surface area contributed by atoms with Crippen molar-refractivity contribution in [2.24, 2.45) is 0 Å². The molecule has 0 aromatic heterocycles. The molecule has 170 valence electrons. The average molecular weight is 434 g/mol. The van der Waals surface area contributed by atoms with Gasteiger partial charge in [-0.15, -0.1) is 0 Å². The van der Waals surface area contributed by atoms with Crippen molar-refractivity contribution >= 4 is 17.6 Å². The van der Waals surface area contributed by atoms with Crippen molar-refractivity contribution in [1.82, 2.24) is 10.2 Å². The minimum Gasteiger partial charge on any atom is -0.348 e. The summed E-state index contributed by atoms with van der Waals surface area (Å²) in [6.07, 6.45) is -4.59. The fourth-order valence-electron chi connectivity index (χ4n) is 2.63. The van der Waals surface area contributed by atoms with Crippen LogP contribution in [-0.2, 0) is 14.4 Å². The van der Waals surface area contributed by atoms with Crippen LogP contribution in [0.4, 0.5) is 26.3 Å². The molecule has 1 N–H and O–H groups in total. The van der Waals surface area contributed by atoms with Gasteiger partial charge in [-0.1, -0.05) is 32.1 Å². The van der Waals surface area contributed by atoms with Crippen molar-refractivity contribution in [2.45, 2.75) is 77.1 Å². The maximum Gasteiger partial charge on any atom is 0.471 e. The van der Waals surface area contributed by atoms with Gasteiger partial charge in [0.1, 0.15) is 5.78 Å². The lowest BCUT2D eigenvalue weighted by Crippen LogP contribution is -2.43. The van der Waals surface area contributed by atoms with Crippen LogP contribution in [-0.4, -0.2) is 54.5 Å². The molecule has 0 aliphatic heterocycles. The summed E-state index contributed by atoms with van der Waals surface area (Å²) in [6.45, 7) is 0.482. The van der Waals surface area contributed by atoms with Crippen molar-refractivity contribution in [3.05, 3.63) is 0 Å². The Hall–Kier alpha value is -1.81. The predicted octanol–water partition coefficient (Wildman–Crippen LogP) is 4.16. The monoisotopic (exact) mass is 434 g/mol. The van der Waals surface area contributed by atoms with E-state index in [1.807, 2.05) is 0 Å². The second-order valence-electron chi connectivity index (χ2n) is 6.82. The first kappa shape index (κ1) is 27.2. The number of nitrogens with one attached hydrogen (secondary N) is 1. The van der Waals surface area contributed by atoms with Gasteiger partial charge >= 0.3 is 24.2 Å². The van der Waals surface area contributed by atoms with Gasteiger partial charge in [0.15, 0.2) is 0 Å². The third-order valence-electron chi connectivity index (χ3n) is 4.13. The molecule has 2 amide bonds. The lowest BCUT2D eigenvalue weighted by Gasteiger charge is -2.24. The number of Topliss-reactive ketones (excluding diaryl/α,β-unsaturated/α-hetero) is 1. The zero-order valence-corrected chi connectivity index (χ0v) is 16.4. The van der Waals surface area contributed by atoms with Gasteiger partial charge in [0.25, 0.3) is 0 Å². The van der Waals surface area contributed by atoms with Crippen molar-refractivity contribution < 1.29 is 40.7 Å². The molecule has 5 nitrogen and oxygen atoms in total. The van der Waals surface area contributed by atoms with Gasteiger partial charge in [-0.2, -0.15) is 26.3 Å². The van der Waals surface area contributed by atoms with E-state index < -0.39 is 37.3 Å². The number of alkyl halides is 6. The minimum absolute atomic E-state index is 0.136. The van der Waals surface area contributed by atoms with Gasteiger partial charge in [-0.3, -0.25) is 9.59 Å². The number of amides is 2. The van der Waals surface area contributed by atoms with E-state index in [0.29, 0.717) is 24.2 Å². The molecular weight excluding hydrogens is 406 g/mol. The Morgan fingerprint density at radius 2 is 1.21 bits per heavy atom. The highest BCUT2D eigenvalue weighted by Gasteiger charge is 2.42. The van der Waals surface area contributed by atoms with Gasteiger partial charge in [0.05, 0.1) is 0 Å². The smallest absolute Gasteiger partial charge is 0.348 e. The lowest BCUT2D eigenvalue weighted by molar-refractivity contribution is -0.185.